The van der Waals surface area contributed by atoms with Crippen molar-refractivity contribution in [2.75, 3.05) is 25.0 Å². The number of aromatic nitrogens is 1. The van der Waals surface area contributed by atoms with Gasteiger partial charge in [-0.25, -0.2) is 4.98 Å². The fourth-order valence-electron chi connectivity index (χ4n) is 2.02. The predicted molar refractivity (Wildman–Crippen MR) is 70.0 cm³/mol. The molecule has 90 valence electrons. The molecule has 1 rings (SSSR count). The molecule has 3 heteroatoms. The van der Waals surface area contributed by atoms with E-state index >= 15 is 0 Å². The molecule has 0 amide bonds. The van der Waals surface area contributed by atoms with E-state index in [-0.39, 0.29) is 0 Å². The maximum Gasteiger partial charge on any atom is 0.133 e. The maximum atomic E-state index is 4.68. The first-order valence-corrected chi connectivity index (χ1v) is 6.00. The van der Waals surface area contributed by atoms with Crippen LogP contribution in [0.1, 0.15) is 30.7 Å². The Labute approximate surface area is 98.9 Å². The third-order valence-electron chi connectivity index (χ3n) is 2.87. The monoisotopic (exact) mass is 221 g/mol. The molecule has 0 saturated heterocycles. The molecule has 0 aliphatic heterocycles. The summed E-state index contributed by atoms with van der Waals surface area (Å²) in [6.07, 6.45) is 0. The molecule has 0 radical (unpaired) electrons. The molecule has 0 aromatic carbocycles. The highest BCUT2D eigenvalue weighted by Gasteiger charge is 2.12. The van der Waals surface area contributed by atoms with E-state index in [1.165, 1.54) is 11.1 Å². The second-order valence-electron chi connectivity index (χ2n) is 4.09. The first-order chi connectivity index (χ1) is 7.63. The minimum absolute atomic E-state index is 0.880. The first kappa shape index (κ1) is 13.0. The van der Waals surface area contributed by atoms with Crippen LogP contribution in [0.2, 0.25) is 0 Å². The number of aryl methyl sites for hydroxylation is 2. The summed E-state index contributed by atoms with van der Waals surface area (Å²) in [5.74, 6) is 1.14. The third-order valence-corrected chi connectivity index (χ3v) is 2.87. The molecule has 1 aromatic rings. The Kier molecular flexibility index (Phi) is 4.74. The zero-order valence-electron chi connectivity index (χ0n) is 11.1. The summed E-state index contributed by atoms with van der Waals surface area (Å²) < 4.78 is 0. The summed E-state index contributed by atoms with van der Waals surface area (Å²) in [6, 6.07) is 2.15. The van der Waals surface area contributed by atoms with Crippen molar-refractivity contribution >= 4 is 5.82 Å². The van der Waals surface area contributed by atoms with E-state index in [9.17, 15) is 0 Å². The standard InChI is InChI=1S/C13H23N3/c1-6-16(7-2)13-12(9-14-5)10(3)8-11(4)15-13/h8,14H,6-7,9H2,1-5H3. The Balaban J connectivity index is 3.21. The number of rotatable bonds is 5. The lowest BCUT2D eigenvalue weighted by Crippen LogP contribution is -2.26. The number of pyridine rings is 1. The zero-order chi connectivity index (χ0) is 12.1. The van der Waals surface area contributed by atoms with Crippen LogP contribution in [0.4, 0.5) is 5.82 Å². The fourth-order valence-corrected chi connectivity index (χ4v) is 2.02. The maximum absolute atomic E-state index is 4.68. The summed E-state index contributed by atoms with van der Waals surface area (Å²) in [5.41, 5.74) is 3.74. The zero-order valence-corrected chi connectivity index (χ0v) is 11.1. The van der Waals surface area contributed by atoms with Gasteiger partial charge >= 0.3 is 0 Å². The van der Waals surface area contributed by atoms with Crippen LogP contribution in [0.25, 0.3) is 0 Å². The lowest BCUT2D eigenvalue weighted by Gasteiger charge is -2.24. The molecule has 0 atom stereocenters. The number of anilines is 1. The normalized spacial score (nSPS) is 10.6. The molecular formula is C13H23N3. The molecule has 0 aliphatic rings. The van der Waals surface area contributed by atoms with Gasteiger partial charge in [0.25, 0.3) is 0 Å². The van der Waals surface area contributed by atoms with Gasteiger partial charge in [0.2, 0.25) is 0 Å². The van der Waals surface area contributed by atoms with Gasteiger partial charge in [0.15, 0.2) is 0 Å². The van der Waals surface area contributed by atoms with E-state index in [2.05, 4.69) is 49.0 Å². The van der Waals surface area contributed by atoms with E-state index in [1.54, 1.807) is 0 Å². The Morgan fingerprint density at radius 3 is 2.38 bits per heavy atom. The molecule has 1 N–H and O–H groups in total. The highest BCUT2D eigenvalue weighted by Crippen LogP contribution is 2.22. The van der Waals surface area contributed by atoms with E-state index in [0.29, 0.717) is 0 Å². The Morgan fingerprint density at radius 2 is 1.88 bits per heavy atom. The fraction of sp³-hybridized carbons (Fsp3) is 0.615. The summed E-state index contributed by atoms with van der Waals surface area (Å²) >= 11 is 0. The molecule has 1 aromatic heterocycles. The van der Waals surface area contributed by atoms with Crippen molar-refractivity contribution in [3.8, 4) is 0 Å². The van der Waals surface area contributed by atoms with Crippen molar-refractivity contribution in [2.45, 2.75) is 34.2 Å². The molecule has 0 saturated carbocycles. The van der Waals surface area contributed by atoms with Crippen LogP contribution in [0.15, 0.2) is 6.07 Å². The highest BCUT2D eigenvalue weighted by molar-refractivity contribution is 5.51. The van der Waals surface area contributed by atoms with Crippen molar-refractivity contribution in [2.24, 2.45) is 0 Å². The molecule has 0 aliphatic carbocycles. The summed E-state index contributed by atoms with van der Waals surface area (Å²) in [6.45, 7) is 11.5. The average Bonchev–Trinajstić information content (AvgIpc) is 2.24. The minimum Gasteiger partial charge on any atom is -0.357 e. The Hall–Kier alpha value is -1.09. The molecular weight excluding hydrogens is 198 g/mol. The average molecular weight is 221 g/mol. The van der Waals surface area contributed by atoms with Gasteiger partial charge in [-0.2, -0.15) is 0 Å². The van der Waals surface area contributed by atoms with Crippen LogP contribution in [0.3, 0.4) is 0 Å². The van der Waals surface area contributed by atoms with E-state index in [0.717, 1.165) is 31.1 Å². The number of hydrogen-bond donors (Lipinski definition) is 1. The second kappa shape index (κ2) is 5.85. The smallest absolute Gasteiger partial charge is 0.133 e. The number of nitrogens with one attached hydrogen (secondary N) is 1. The largest absolute Gasteiger partial charge is 0.357 e. The SMILES string of the molecule is CCN(CC)c1nc(C)cc(C)c1CNC. The second-order valence-corrected chi connectivity index (χ2v) is 4.09. The van der Waals surface area contributed by atoms with Gasteiger partial charge < -0.3 is 10.2 Å². The van der Waals surface area contributed by atoms with Gasteiger partial charge in [-0.3, -0.25) is 0 Å². The van der Waals surface area contributed by atoms with Crippen molar-refractivity contribution in [3.63, 3.8) is 0 Å². The summed E-state index contributed by atoms with van der Waals surface area (Å²) in [5, 5.41) is 3.22. The van der Waals surface area contributed by atoms with Gasteiger partial charge in [0, 0.05) is 30.9 Å². The van der Waals surface area contributed by atoms with Gasteiger partial charge in [0.1, 0.15) is 5.82 Å². The van der Waals surface area contributed by atoms with Gasteiger partial charge in [0.05, 0.1) is 0 Å². The molecule has 0 spiro atoms. The van der Waals surface area contributed by atoms with Crippen LogP contribution in [0.5, 0.6) is 0 Å². The molecule has 0 bridgehead atoms. The molecule has 0 fully saturated rings. The van der Waals surface area contributed by atoms with Crippen LogP contribution < -0.4 is 10.2 Å². The van der Waals surface area contributed by atoms with Crippen LogP contribution in [-0.2, 0) is 6.54 Å². The van der Waals surface area contributed by atoms with Crippen LogP contribution in [-0.4, -0.2) is 25.1 Å². The van der Waals surface area contributed by atoms with Crippen LogP contribution >= 0.6 is 0 Å². The third kappa shape index (κ3) is 2.73. The number of nitrogens with zero attached hydrogens (tertiary/aromatic N) is 2. The lowest BCUT2D eigenvalue weighted by molar-refractivity contribution is 0.775. The van der Waals surface area contributed by atoms with Crippen molar-refractivity contribution < 1.29 is 0 Å². The molecule has 0 unspecified atom stereocenters. The van der Waals surface area contributed by atoms with Crippen LogP contribution in [0, 0.1) is 13.8 Å². The molecule has 1 heterocycles. The molecule has 16 heavy (non-hydrogen) atoms. The molecule has 3 nitrogen and oxygen atoms in total. The topological polar surface area (TPSA) is 28.2 Å². The highest BCUT2D eigenvalue weighted by atomic mass is 15.2. The van der Waals surface area contributed by atoms with E-state index in [4.69, 9.17) is 0 Å². The Bertz CT molecular complexity index is 343. The van der Waals surface area contributed by atoms with E-state index in [1.807, 2.05) is 7.05 Å². The van der Waals surface area contributed by atoms with Gasteiger partial charge in [-0.05, 0) is 46.4 Å². The number of hydrogen-bond acceptors (Lipinski definition) is 3. The minimum atomic E-state index is 0.880. The van der Waals surface area contributed by atoms with E-state index < -0.39 is 0 Å². The summed E-state index contributed by atoms with van der Waals surface area (Å²) in [7, 11) is 1.98. The van der Waals surface area contributed by atoms with Gasteiger partial charge in [-0.1, -0.05) is 0 Å². The Morgan fingerprint density at radius 1 is 1.25 bits per heavy atom. The first-order valence-electron chi connectivity index (χ1n) is 6.00. The van der Waals surface area contributed by atoms with Crippen molar-refractivity contribution in [3.05, 3.63) is 22.9 Å². The predicted octanol–water partition coefficient (Wildman–Crippen LogP) is 2.26. The van der Waals surface area contributed by atoms with Gasteiger partial charge in [-0.15, -0.1) is 0 Å². The van der Waals surface area contributed by atoms with Crippen molar-refractivity contribution in [1.82, 2.24) is 10.3 Å². The quantitative estimate of drug-likeness (QED) is 0.826. The van der Waals surface area contributed by atoms with Crippen molar-refractivity contribution in [1.29, 1.82) is 0 Å². The summed E-state index contributed by atoms with van der Waals surface area (Å²) in [4.78, 5) is 6.99. The lowest BCUT2D eigenvalue weighted by atomic mass is 10.1.